The molecule has 0 saturated heterocycles. The number of alkyl halides is 2. The van der Waals surface area contributed by atoms with Crippen molar-refractivity contribution in [3.8, 4) is 0 Å². The number of nitro groups is 2. The maximum Gasteiger partial charge on any atom is 0.715 e. The Morgan fingerprint density at radius 2 is 0.816 bits per heavy atom. The standard InChI is InChI=1S/C8H20BrNO10Si2.C6H17O7Si2.C3H6BrNO4.CH4O.H2S/c1-14-21(15-2,16-3)20-22(17-4,18-5)19-7-8(9,6-11)10(12)13;1-7-14(8-2,9-3)13-15(10-4,11-5)12-6;4-3(1-6,2-7)5(8)9;1-2;/h11H,6-7H2,1-5H3;1H2,2-6H3;6-7H,1-2H2;2H,1H3;1H2/q;+1;;;. The molecule has 0 rings (SSSR count). The van der Waals surface area contributed by atoms with Gasteiger partial charge in [0.2, 0.25) is 7.11 Å². The van der Waals surface area contributed by atoms with E-state index in [0.29, 0.717) is 0 Å². The van der Waals surface area contributed by atoms with Gasteiger partial charge in [-0.1, -0.05) is 0 Å². The third-order valence-corrected chi connectivity index (χ3v) is 16.4. The van der Waals surface area contributed by atoms with E-state index in [1.807, 2.05) is 0 Å². The number of aliphatic hydroxyl groups is 4. The van der Waals surface area contributed by atoms with Crippen LogP contribution in [0, 0.1) is 27.3 Å². The number of hydrogen-bond acceptors (Lipinski definition) is 22. The van der Waals surface area contributed by atoms with Crippen LogP contribution in [0.5, 0.6) is 0 Å². The molecule has 0 amide bonds. The van der Waals surface area contributed by atoms with Gasteiger partial charge >= 0.3 is 45.1 Å². The molecule has 1 unspecified atom stereocenters. The minimum Gasteiger partial charge on any atom is -0.400 e. The van der Waals surface area contributed by atoms with Crippen molar-refractivity contribution >= 4 is 81.5 Å². The van der Waals surface area contributed by atoms with E-state index in [4.69, 9.17) is 81.8 Å². The van der Waals surface area contributed by atoms with E-state index in [1.54, 1.807) is 0 Å². The molecular weight excluding hydrogens is 900 g/mol. The van der Waals surface area contributed by atoms with Gasteiger partial charge in [0.25, 0.3) is 0 Å². The molecular formula is C18H49Br2N2O22SSi4+. The summed E-state index contributed by atoms with van der Waals surface area (Å²) in [6.45, 7) is -2.86. The second-order valence-electron chi connectivity index (χ2n) is 7.50. The average Bonchev–Trinajstić information content (AvgIpc) is 3.14. The zero-order chi connectivity index (χ0) is 38.9. The molecule has 0 aliphatic carbocycles. The minimum atomic E-state index is -3.87. The maximum absolute atomic E-state index is 10.9. The SMILES string of the molecule is CO.CO[Si](OC)(OC)O[Si](OC)(OC)OCC(Br)(CO)[N+](=O)[O-].O=[N+]([O-])C(Br)(CO)CO.S.[CH2+]O[Si](OC)(OC)O[Si](OC)(OC)OC. The molecule has 0 spiro atoms. The maximum atomic E-state index is 10.9. The Labute approximate surface area is 312 Å². The molecule has 1 atom stereocenters. The fourth-order valence-corrected chi connectivity index (χ4v) is 11.0. The predicted molar refractivity (Wildman–Crippen MR) is 185 cm³/mol. The molecule has 0 aromatic carbocycles. The quantitative estimate of drug-likeness (QED) is 0.0225. The summed E-state index contributed by atoms with van der Waals surface area (Å²) in [6, 6.07) is 0. The van der Waals surface area contributed by atoms with Crippen LogP contribution in [-0.4, -0.2) is 180 Å². The van der Waals surface area contributed by atoms with E-state index in [9.17, 15) is 20.2 Å². The Hall–Kier alpha value is 0.128. The van der Waals surface area contributed by atoms with Crippen molar-refractivity contribution in [2.45, 2.75) is 8.90 Å². The molecule has 0 aromatic heterocycles. The summed E-state index contributed by atoms with van der Waals surface area (Å²) < 4.78 is 67.9. The number of hydrogen-bond donors (Lipinski definition) is 4. The summed E-state index contributed by atoms with van der Waals surface area (Å²) >= 11 is 5.34. The van der Waals surface area contributed by atoms with Crippen LogP contribution in [0.1, 0.15) is 0 Å². The molecule has 0 fully saturated rings. The van der Waals surface area contributed by atoms with Crippen LogP contribution in [0.3, 0.4) is 0 Å². The lowest BCUT2D eigenvalue weighted by atomic mass is 10.4. The van der Waals surface area contributed by atoms with E-state index in [0.717, 1.165) is 7.11 Å². The van der Waals surface area contributed by atoms with E-state index in [2.05, 4.69) is 39.0 Å². The van der Waals surface area contributed by atoms with E-state index in [1.165, 1.54) is 71.1 Å². The first kappa shape index (κ1) is 58.4. The van der Waals surface area contributed by atoms with Crippen molar-refractivity contribution in [3.63, 3.8) is 0 Å². The zero-order valence-corrected chi connectivity index (χ0v) is 37.0. The highest BCUT2D eigenvalue weighted by Gasteiger charge is 2.60. The Bertz CT molecular complexity index is 807. The lowest BCUT2D eigenvalue weighted by Gasteiger charge is -2.32. The van der Waals surface area contributed by atoms with Crippen LogP contribution in [0.4, 0.5) is 0 Å². The average molecular weight is 950 g/mol. The van der Waals surface area contributed by atoms with Crippen molar-refractivity contribution < 1.29 is 91.6 Å². The molecule has 298 valence electrons. The van der Waals surface area contributed by atoms with Gasteiger partial charge in [-0.05, 0) is 0 Å². The Morgan fingerprint density at radius 3 is 0.980 bits per heavy atom. The molecule has 4 N–H and O–H groups in total. The van der Waals surface area contributed by atoms with E-state index < -0.39 is 81.4 Å². The van der Waals surface area contributed by atoms with Crippen molar-refractivity contribution in [1.82, 2.24) is 0 Å². The summed E-state index contributed by atoms with van der Waals surface area (Å²) in [7, 11) is 3.45. The first-order valence-corrected chi connectivity index (χ1v) is 20.4. The third-order valence-electron chi connectivity index (χ3n) is 5.03. The van der Waals surface area contributed by atoms with Gasteiger partial charge in [-0.3, -0.25) is 20.2 Å². The van der Waals surface area contributed by atoms with Crippen LogP contribution >= 0.6 is 45.4 Å². The van der Waals surface area contributed by atoms with Gasteiger partial charge in [0.1, 0.15) is 26.4 Å². The fourth-order valence-electron chi connectivity index (χ4n) is 2.20. The molecule has 0 aliphatic heterocycles. The van der Waals surface area contributed by atoms with Gasteiger partial charge < -0.3 is 77.3 Å². The van der Waals surface area contributed by atoms with Crippen molar-refractivity contribution in [1.29, 1.82) is 0 Å². The molecule has 0 aliphatic rings. The normalized spacial score (nSPS) is 13.2. The van der Waals surface area contributed by atoms with E-state index >= 15 is 0 Å². The fraction of sp³-hybridized carbons (Fsp3) is 0.944. The summed E-state index contributed by atoms with van der Waals surface area (Å²) in [5.41, 5.74) is 0. The Morgan fingerprint density at radius 1 is 0.571 bits per heavy atom. The summed E-state index contributed by atoms with van der Waals surface area (Å²) in [6.07, 6.45) is 0. The van der Waals surface area contributed by atoms with Crippen molar-refractivity contribution in [2.75, 3.05) is 105 Å². The topological polar surface area (TPSA) is 296 Å². The van der Waals surface area contributed by atoms with Crippen molar-refractivity contribution in [3.05, 3.63) is 27.3 Å². The molecule has 0 saturated carbocycles. The highest BCUT2D eigenvalue weighted by atomic mass is 79.9. The first-order chi connectivity index (χ1) is 22.4. The highest BCUT2D eigenvalue weighted by molar-refractivity contribution is 9.10. The van der Waals surface area contributed by atoms with Gasteiger partial charge in [-0.2, -0.15) is 17.9 Å². The van der Waals surface area contributed by atoms with Crippen LogP contribution in [0.25, 0.3) is 0 Å². The molecule has 49 heavy (non-hydrogen) atoms. The molecule has 0 radical (unpaired) electrons. The molecule has 0 aromatic rings. The molecule has 31 heteroatoms. The second kappa shape index (κ2) is 29.6. The highest BCUT2D eigenvalue weighted by Crippen LogP contribution is 2.25. The first-order valence-electron chi connectivity index (χ1n) is 12.3. The summed E-state index contributed by atoms with van der Waals surface area (Å²) in [5.74, 6) is 0. The third kappa shape index (κ3) is 19.1. The Kier molecular flexibility index (Phi) is 35.3. The van der Waals surface area contributed by atoms with Crippen LogP contribution < -0.4 is 0 Å². The smallest absolute Gasteiger partial charge is 0.400 e. The predicted octanol–water partition coefficient (Wildman–Crippen LogP) is -1.54. The minimum absolute atomic E-state index is 0. The molecule has 0 bridgehead atoms. The van der Waals surface area contributed by atoms with Gasteiger partial charge in [0.05, 0.1) is 0 Å². The lowest BCUT2D eigenvalue weighted by molar-refractivity contribution is -0.542. The van der Waals surface area contributed by atoms with Gasteiger partial charge in [-0.25, -0.2) is 0 Å². The number of rotatable bonds is 23. The monoisotopic (exact) mass is 947 g/mol. The molecule has 24 nitrogen and oxygen atoms in total. The number of nitrogens with zero attached hydrogens (tertiary/aromatic N) is 2. The van der Waals surface area contributed by atoms with Crippen LogP contribution in [0.15, 0.2) is 0 Å². The Balaban J connectivity index is -0.000000207. The van der Waals surface area contributed by atoms with Gasteiger partial charge in [-0.15, -0.1) is 0 Å². The van der Waals surface area contributed by atoms with Crippen LogP contribution in [0.2, 0.25) is 0 Å². The lowest BCUT2D eigenvalue weighted by Crippen LogP contribution is -2.61. The number of halogens is 2. The van der Waals surface area contributed by atoms with E-state index in [-0.39, 0.29) is 13.5 Å². The summed E-state index contributed by atoms with van der Waals surface area (Å²) in [4.78, 5) is 19.3. The second-order valence-corrected chi connectivity index (χ2v) is 20.7. The largest absolute Gasteiger partial charge is 0.715 e. The molecule has 0 heterocycles. The van der Waals surface area contributed by atoms with Crippen LogP contribution in [-0.2, 0) is 61.3 Å². The zero-order valence-electron chi connectivity index (χ0n) is 28.8. The summed E-state index contributed by atoms with van der Waals surface area (Å²) in [5, 5.41) is 53.6. The van der Waals surface area contributed by atoms with Gasteiger partial charge in [0.15, 0.2) is 0 Å². The number of aliphatic hydroxyl groups excluding tert-OH is 4. The van der Waals surface area contributed by atoms with Gasteiger partial charge in [0, 0.05) is 120 Å². The van der Waals surface area contributed by atoms with Crippen molar-refractivity contribution in [2.24, 2.45) is 0 Å².